The van der Waals surface area contributed by atoms with Gasteiger partial charge in [0.2, 0.25) is 5.91 Å². The fourth-order valence-electron chi connectivity index (χ4n) is 2.72. The van der Waals surface area contributed by atoms with Crippen molar-refractivity contribution in [2.75, 3.05) is 26.2 Å². The highest BCUT2D eigenvalue weighted by atomic mass is 16.1. The molecule has 0 spiro atoms. The van der Waals surface area contributed by atoms with Crippen LogP contribution in [-0.2, 0) is 4.79 Å². The van der Waals surface area contributed by atoms with E-state index in [9.17, 15) is 4.79 Å². The number of nitrogens with zero attached hydrogens (tertiary/aromatic N) is 1. The first kappa shape index (κ1) is 15.8. The molecule has 1 atom stereocenters. The molecule has 0 aliphatic carbocycles. The summed E-state index contributed by atoms with van der Waals surface area (Å²) in [5, 5.41) is 2.99. The van der Waals surface area contributed by atoms with E-state index in [1.807, 2.05) is 36.4 Å². The van der Waals surface area contributed by atoms with Gasteiger partial charge in [-0.2, -0.15) is 0 Å². The molecule has 1 heterocycles. The molecule has 0 aromatic heterocycles. The Morgan fingerprint density at radius 2 is 1.95 bits per heavy atom. The highest BCUT2D eigenvalue weighted by Gasteiger charge is 2.13. The van der Waals surface area contributed by atoms with Gasteiger partial charge in [-0.25, -0.2) is 0 Å². The van der Waals surface area contributed by atoms with Crippen molar-refractivity contribution < 1.29 is 4.79 Å². The Hall–Kier alpha value is -1.61. The molecule has 1 aliphatic heterocycles. The molecule has 1 saturated heterocycles. The van der Waals surface area contributed by atoms with Gasteiger partial charge in [-0.05, 0) is 43.5 Å². The van der Waals surface area contributed by atoms with E-state index >= 15 is 0 Å². The maximum absolute atomic E-state index is 11.8. The van der Waals surface area contributed by atoms with Gasteiger partial charge in [0.15, 0.2) is 0 Å². The Bertz CT molecular complexity index is 450. The van der Waals surface area contributed by atoms with Crippen LogP contribution in [0.25, 0.3) is 6.08 Å². The molecule has 1 fully saturated rings. The second-order valence-electron chi connectivity index (χ2n) is 5.96. The van der Waals surface area contributed by atoms with Gasteiger partial charge < -0.3 is 10.2 Å². The molecule has 3 nitrogen and oxygen atoms in total. The van der Waals surface area contributed by atoms with Crippen LogP contribution in [0.5, 0.6) is 0 Å². The number of nitrogens with one attached hydrogen (secondary N) is 1. The molecule has 0 saturated carbocycles. The van der Waals surface area contributed by atoms with E-state index in [1.54, 1.807) is 6.08 Å². The monoisotopic (exact) mass is 286 g/mol. The van der Waals surface area contributed by atoms with Crippen molar-refractivity contribution in [1.29, 1.82) is 0 Å². The zero-order chi connectivity index (χ0) is 14.9. The number of benzene rings is 1. The smallest absolute Gasteiger partial charge is 0.244 e. The lowest BCUT2D eigenvalue weighted by Gasteiger charge is -2.29. The molecule has 3 heteroatoms. The average Bonchev–Trinajstić information content (AvgIpc) is 2.53. The van der Waals surface area contributed by atoms with Crippen molar-refractivity contribution in [3.05, 3.63) is 42.0 Å². The van der Waals surface area contributed by atoms with Gasteiger partial charge in [0, 0.05) is 19.2 Å². The first-order valence-electron chi connectivity index (χ1n) is 7.97. The Balaban J connectivity index is 1.67. The number of amides is 1. The molecule has 1 aliphatic rings. The zero-order valence-electron chi connectivity index (χ0n) is 12.9. The maximum atomic E-state index is 11.8. The number of rotatable bonds is 6. The summed E-state index contributed by atoms with van der Waals surface area (Å²) in [6.07, 6.45) is 7.47. The lowest BCUT2D eigenvalue weighted by Crippen LogP contribution is -2.37. The number of likely N-dealkylation sites (tertiary alicyclic amines) is 1. The third-order valence-electron chi connectivity index (χ3n) is 3.87. The van der Waals surface area contributed by atoms with Gasteiger partial charge >= 0.3 is 0 Å². The van der Waals surface area contributed by atoms with Crippen molar-refractivity contribution in [2.45, 2.75) is 26.2 Å². The third-order valence-corrected chi connectivity index (χ3v) is 3.87. The summed E-state index contributed by atoms with van der Waals surface area (Å²) in [6, 6.07) is 9.89. The second-order valence-corrected chi connectivity index (χ2v) is 5.96. The number of carbonyl (C=O) groups is 1. The van der Waals surface area contributed by atoms with E-state index in [0.29, 0.717) is 5.92 Å². The SMILES string of the molecule is CC(CNC(=O)/C=C/c1ccccc1)CN1CCCCC1. The number of piperidine rings is 1. The van der Waals surface area contributed by atoms with Gasteiger partial charge in [0.25, 0.3) is 0 Å². The predicted molar refractivity (Wildman–Crippen MR) is 87.9 cm³/mol. The maximum Gasteiger partial charge on any atom is 0.244 e. The molecular formula is C18H26N2O. The normalized spacial score (nSPS) is 17.8. The third kappa shape index (κ3) is 6.13. The Morgan fingerprint density at radius 3 is 2.67 bits per heavy atom. The summed E-state index contributed by atoms with van der Waals surface area (Å²) in [6.45, 7) is 6.46. The van der Waals surface area contributed by atoms with E-state index in [4.69, 9.17) is 0 Å². The van der Waals surface area contributed by atoms with Crippen molar-refractivity contribution >= 4 is 12.0 Å². The van der Waals surface area contributed by atoms with E-state index in [-0.39, 0.29) is 5.91 Å². The second kappa shape index (κ2) is 8.63. The minimum atomic E-state index is -0.00986. The van der Waals surface area contributed by atoms with Crippen LogP contribution in [0.15, 0.2) is 36.4 Å². The average molecular weight is 286 g/mol. The fourth-order valence-corrected chi connectivity index (χ4v) is 2.72. The molecule has 0 radical (unpaired) electrons. The number of hydrogen-bond acceptors (Lipinski definition) is 2. The van der Waals surface area contributed by atoms with E-state index in [2.05, 4.69) is 17.1 Å². The molecule has 21 heavy (non-hydrogen) atoms. The highest BCUT2D eigenvalue weighted by Crippen LogP contribution is 2.10. The standard InChI is InChI=1S/C18H26N2O/c1-16(15-20-12-6-3-7-13-20)14-19-18(21)11-10-17-8-4-2-5-9-17/h2,4-5,8-11,16H,3,6-7,12-15H2,1H3,(H,19,21)/b11-10+. The lowest BCUT2D eigenvalue weighted by molar-refractivity contribution is -0.116. The number of carbonyl (C=O) groups excluding carboxylic acids is 1. The molecule has 2 rings (SSSR count). The Labute approximate surface area is 128 Å². The largest absolute Gasteiger partial charge is 0.352 e. The van der Waals surface area contributed by atoms with E-state index < -0.39 is 0 Å². The topological polar surface area (TPSA) is 32.3 Å². The minimum Gasteiger partial charge on any atom is -0.352 e. The van der Waals surface area contributed by atoms with Crippen molar-refractivity contribution in [2.24, 2.45) is 5.92 Å². The molecule has 114 valence electrons. The van der Waals surface area contributed by atoms with Gasteiger partial charge in [-0.1, -0.05) is 43.7 Å². The minimum absolute atomic E-state index is 0.00986. The molecule has 1 amide bonds. The molecule has 0 bridgehead atoms. The summed E-state index contributed by atoms with van der Waals surface area (Å²) in [5.41, 5.74) is 1.05. The predicted octanol–water partition coefficient (Wildman–Crippen LogP) is 2.94. The van der Waals surface area contributed by atoms with Gasteiger partial charge in [0.1, 0.15) is 0 Å². The van der Waals surface area contributed by atoms with Crippen molar-refractivity contribution in [1.82, 2.24) is 10.2 Å². The van der Waals surface area contributed by atoms with Crippen molar-refractivity contribution in [3.8, 4) is 0 Å². The van der Waals surface area contributed by atoms with Gasteiger partial charge in [-0.3, -0.25) is 4.79 Å². The van der Waals surface area contributed by atoms with Gasteiger partial charge in [-0.15, -0.1) is 0 Å². The quantitative estimate of drug-likeness (QED) is 0.816. The van der Waals surface area contributed by atoms with Crippen LogP contribution in [-0.4, -0.2) is 37.0 Å². The van der Waals surface area contributed by atoms with Gasteiger partial charge in [0.05, 0.1) is 0 Å². The van der Waals surface area contributed by atoms with E-state index in [1.165, 1.54) is 32.4 Å². The fraction of sp³-hybridized carbons (Fsp3) is 0.500. The zero-order valence-corrected chi connectivity index (χ0v) is 12.9. The lowest BCUT2D eigenvalue weighted by atomic mass is 10.1. The summed E-state index contributed by atoms with van der Waals surface area (Å²) in [4.78, 5) is 14.3. The Morgan fingerprint density at radius 1 is 1.24 bits per heavy atom. The summed E-state index contributed by atoms with van der Waals surface area (Å²) < 4.78 is 0. The van der Waals surface area contributed by atoms with Crippen LogP contribution in [0.3, 0.4) is 0 Å². The first-order chi connectivity index (χ1) is 10.2. The molecule has 1 N–H and O–H groups in total. The van der Waals surface area contributed by atoms with Crippen LogP contribution >= 0.6 is 0 Å². The number of hydrogen-bond donors (Lipinski definition) is 1. The summed E-state index contributed by atoms with van der Waals surface area (Å²) >= 11 is 0. The molecule has 1 aromatic rings. The summed E-state index contributed by atoms with van der Waals surface area (Å²) in [7, 11) is 0. The van der Waals surface area contributed by atoms with Crippen LogP contribution in [0, 0.1) is 5.92 Å². The van der Waals surface area contributed by atoms with Crippen LogP contribution in [0.2, 0.25) is 0 Å². The first-order valence-corrected chi connectivity index (χ1v) is 7.97. The molecule has 1 unspecified atom stereocenters. The van der Waals surface area contributed by atoms with Crippen LogP contribution in [0.1, 0.15) is 31.7 Å². The summed E-state index contributed by atoms with van der Waals surface area (Å²) in [5.74, 6) is 0.488. The van der Waals surface area contributed by atoms with Crippen LogP contribution in [0.4, 0.5) is 0 Å². The Kier molecular flexibility index (Phi) is 6.48. The highest BCUT2D eigenvalue weighted by molar-refractivity contribution is 5.91. The molecular weight excluding hydrogens is 260 g/mol. The van der Waals surface area contributed by atoms with Crippen LogP contribution < -0.4 is 5.32 Å². The van der Waals surface area contributed by atoms with E-state index in [0.717, 1.165) is 18.7 Å². The van der Waals surface area contributed by atoms with Crippen molar-refractivity contribution in [3.63, 3.8) is 0 Å². The molecule has 1 aromatic carbocycles.